The molecule has 1 aliphatic rings. The Kier molecular flexibility index (Phi) is 3.83. The minimum atomic E-state index is -0.297. The number of amides is 1. The van der Waals surface area contributed by atoms with Crippen molar-refractivity contribution in [1.82, 2.24) is 20.0 Å². The van der Waals surface area contributed by atoms with Crippen molar-refractivity contribution < 1.29 is 9.18 Å². The number of rotatable bonds is 5. The second kappa shape index (κ2) is 6.16. The van der Waals surface area contributed by atoms with Gasteiger partial charge in [0, 0.05) is 23.9 Å². The summed E-state index contributed by atoms with van der Waals surface area (Å²) in [5.74, 6) is 1.28. The van der Waals surface area contributed by atoms with Crippen LogP contribution in [0.15, 0.2) is 42.6 Å². The molecule has 0 aliphatic heterocycles. The highest BCUT2D eigenvalue weighted by Crippen LogP contribution is 2.46. The third kappa shape index (κ3) is 3.45. The van der Waals surface area contributed by atoms with Gasteiger partial charge in [0.25, 0.3) is 0 Å². The maximum atomic E-state index is 13.0. The van der Waals surface area contributed by atoms with Gasteiger partial charge in [0.1, 0.15) is 5.82 Å². The molecule has 2 N–H and O–H groups in total. The number of halogens is 1. The summed E-state index contributed by atoms with van der Waals surface area (Å²) in [7, 11) is 0. The number of aromatic nitrogens is 4. The van der Waals surface area contributed by atoms with Crippen molar-refractivity contribution in [2.45, 2.75) is 25.7 Å². The lowest BCUT2D eigenvalue weighted by molar-refractivity contribution is -0.115. The Labute approximate surface area is 144 Å². The monoisotopic (exact) mass is 339 g/mol. The molecule has 2 aromatic heterocycles. The van der Waals surface area contributed by atoms with Gasteiger partial charge in [-0.1, -0.05) is 6.92 Å². The average Bonchev–Trinajstić information content (AvgIpc) is 2.99. The van der Waals surface area contributed by atoms with Crippen molar-refractivity contribution in [2.75, 3.05) is 5.32 Å². The van der Waals surface area contributed by atoms with E-state index in [-0.39, 0.29) is 18.1 Å². The quantitative estimate of drug-likeness (QED) is 0.750. The predicted molar refractivity (Wildman–Crippen MR) is 91.0 cm³/mol. The molecule has 128 valence electrons. The number of carbonyl (C=O) groups is 1. The van der Waals surface area contributed by atoms with E-state index in [2.05, 4.69) is 27.5 Å². The molecule has 25 heavy (non-hydrogen) atoms. The van der Waals surface area contributed by atoms with Gasteiger partial charge in [0.05, 0.1) is 17.8 Å². The van der Waals surface area contributed by atoms with E-state index in [1.807, 2.05) is 6.07 Å². The molecule has 1 amide bonds. The number of H-pyrrole nitrogens is 1. The molecular weight excluding hydrogens is 321 g/mol. The predicted octanol–water partition coefficient (Wildman–Crippen LogP) is 3.04. The Balaban J connectivity index is 1.38. The summed E-state index contributed by atoms with van der Waals surface area (Å²) in [6, 6.07) is 9.68. The Morgan fingerprint density at radius 1 is 1.36 bits per heavy atom. The summed E-state index contributed by atoms with van der Waals surface area (Å²) in [6.45, 7) is 2.20. The van der Waals surface area contributed by atoms with E-state index in [0.29, 0.717) is 23.3 Å². The summed E-state index contributed by atoms with van der Waals surface area (Å²) in [6.07, 6.45) is 3.06. The third-order valence-electron chi connectivity index (χ3n) is 4.45. The molecule has 0 saturated heterocycles. The Morgan fingerprint density at radius 3 is 2.84 bits per heavy atom. The molecule has 4 rings (SSSR count). The fourth-order valence-electron chi connectivity index (χ4n) is 2.89. The number of anilines is 1. The zero-order chi connectivity index (χ0) is 17.4. The molecule has 7 heteroatoms. The van der Waals surface area contributed by atoms with Crippen LogP contribution in [0.1, 0.15) is 30.7 Å². The molecule has 0 bridgehead atoms. The van der Waals surface area contributed by atoms with Gasteiger partial charge in [0.15, 0.2) is 5.82 Å². The minimum Gasteiger partial charge on any atom is -0.309 e. The first-order chi connectivity index (χ1) is 12.1. The van der Waals surface area contributed by atoms with E-state index in [1.54, 1.807) is 29.1 Å². The lowest BCUT2D eigenvalue weighted by Gasteiger charge is -2.01. The highest BCUT2D eigenvalue weighted by atomic mass is 19.1. The maximum absolute atomic E-state index is 13.0. The van der Waals surface area contributed by atoms with Gasteiger partial charge in [-0.25, -0.2) is 9.07 Å². The van der Waals surface area contributed by atoms with Crippen LogP contribution in [-0.4, -0.2) is 25.9 Å². The first-order valence-electron chi connectivity index (χ1n) is 8.24. The number of aromatic amines is 1. The van der Waals surface area contributed by atoms with Gasteiger partial charge in [-0.3, -0.25) is 9.89 Å². The molecule has 0 spiro atoms. The fraction of sp³-hybridized carbons (Fsp3) is 0.278. The van der Waals surface area contributed by atoms with E-state index in [1.165, 1.54) is 12.1 Å². The molecule has 0 radical (unpaired) electrons. The van der Waals surface area contributed by atoms with E-state index in [4.69, 9.17) is 0 Å². The van der Waals surface area contributed by atoms with Gasteiger partial charge in [-0.15, -0.1) is 0 Å². The van der Waals surface area contributed by atoms with Crippen LogP contribution in [0.2, 0.25) is 0 Å². The van der Waals surface area contributed by atoms with Gasteiger partial charge in [0.2, 0.25) is 5.91 Å². The van der Waals surface area contributed by atoms with Crippen LogP contribution in [0.25, 0.3) is 5.69 Å². The summed E-state index contributed by atoms with van der Waals surface area (Å²) in [5, 5.41) is 14.3. The summed E-state index contributed by atoms with van der Waals surface area (Å²) < 4.78 is 14.6. The van der Waals surface area contributed by atoms with Crippen molar-refractivity contribution >= 4 is 11.7 Å². The molecule has 1 fully saturated rings. The van der Waals surface area contributed by atoms with Crippen LogP contribution >= 0.6 is 0 Å². The van der Waals surface area contributed by atoms with Crippen LogP contribution in [0.4, 0.5) is 10.2 Å². The summed E-state index contributed by atoms with van der Waals surface area (Å²) in [4.78, 5) is 12.2. The number of hydrogen-bond acceptors (Lipinski definition) is 3. The van der Waals surface area contributed by atoms with E-state index < -0.39 is 0 Å². The highest BCUT2D eigenvalue weighted by Gasteiger charge is 2.35. The van der Waals surface area contributed by atoms with Gasteiger partial charge in [-0.2, -0.15) is 10.2 Å². The zero-order valence-corrected chi connectivity index (χ0v) is 13.7. The molecule has 2 unspecified atom stereocenters. The molecule has 3 aromatic rings. The third-order valence-corrected chi connectivity index (χ3v) is 4.45. The summed E-state index contributed by atoms with van der Waals surface area (Å²) in [5.41, 5.74) is 2.44. The lowest BCUT2D eigenvalue weighted by atomic mass is 10.2. The second-order valence-corrected chi connectivity index (χ2v) is 6.48. The summed E-state index contributed by atoms with van der Waals surface area (Å²) >= 11 is 0. The molecule has 1 aliphatic carbocycles. The van der Waals surface area contributed by atoms with Gasteiger partial charge >= 0.3 is 0 Å². The van der Waals surface area contributed by atoms with E-state index in [0.717, 1.165) is 17.8 Å². The Morgan fingerprint density at radius 2 is 2.12 bits per heavy atom. The van der Waals surface area contributed by atoms with Crippen LogP contribution in [0, 0.1) is 11.7 Å². The van der Waals surface area contributed by atoms with Crippen molar-refractivity contribution in [3.05, 3.63) is 59.8 Å². The highest BCUT2D eigenvalue weighted by molar-refractivity contribution is 5.91. The van der Waals surface area contributed by atoms with Crippen molar-refractivity contribution in [3.8, 4) is 5.69 Å². The fourth-order valence-corrected chi connectivity index (χ4v) is 2.89. The minimum absolute atomic E-state index is 0.149. The first kappa shape index (κ1) is 15.6. The molecule has 1 saturated carbocycles. The second-order valence-electron chi connectivity index (χ2n) is 6.48. The lowest BCUT2D eigenvalue weighted by Crippen LogP contribution is -2.15. The van der Waals surface area contributed by atoms with Crippen LogP contribution in [-0.2, 0) is 11.2 Å². The van der Waals surface area contributed by atoms with Crippen LogP contribution < -0.4 is 5.32 Å². The van der Waals surface area contributed by atoms with Crippen molar-refractivity contribution in [3.63, 3.8) is 0 Å². The number of hydrogen-bond donors (Lipinski definition) is 2. The number of nitrogens with one attached hydrogen (secondary N) is 2. The Bertz CT molecular complexity index is 898. The first-order valence-corrected chi connectivity index (χ1v) is 8.24. The molecule has 6 nitrogen and oxygen atoms in total. The molecule has 1 aromatic carbocycles. The number of benzene rings is 1. The molecular formula is C18H18FN5O. The Hall–Kier alpha value is -2.96. The van der Waals surface area contributed by atoms with Crippen molar-refractivity contribution in [1.29, 1.82) is 0 Å². The number of carbonyl (C=O) groups excluding carboxylic acids is 1. The maximum Gasteiger partial charge on any atom is 0.231 e. The van der Waals surface area contributed by atoms with Gasteiger partial charge in [-0.05, 0) is 42.7 Å². The molecule has 2 atom stereocenters. The van der Waals surface area contributed by atoms with Crippen LogP contribution in [0.5, 0.6) is 0 Å². The van der Waals surface area contributed by atoms with E-state index in [9.17, 15) is 9.18 Å². The largest absolute Gasteiger partial charge is 0.309 e. The van der Waals surface area contributed by atoms with Crippen molar-refractivity contribution in [2.24, 2.45) is 5.92 Å². The normalized spacial score (nSPS) is 19.0. The molecule has 2 heterocycles. The van der Waals surface area contributed by atoms with E-state index >= 15 is 0 Å². The van der Waals surface area contributed by atoms with Gasteiger partial charge < -0.3 is 5.32 Å². The zero-order valence-electron chi connectivity index (χ0n) is 13.7. The average molecular weight is 339 g/mol. The SMILES string of the molecule is CC1CC1c1cc(NC(=O)Cc2ccn(-c3ccc(F)cc3)n2)n[nH]1. The van der Waals surface area contributed by atoms with Crippen LogP contribution in [0.3, 0.4) is 0 Å². The number of nitrogens with zero attached hydrogens (tertiary/aromatic N) is 3. The standard InChI is InChI=1S/C18H18FN5O/c1-11-8-15(11)16-10-17(22-21-16)20-18(25)9-13-6-7-24(23-13)14-4-2-12(19)3-5-14/h2-7,10-11,15H,8-9H2,1H3,(H2,20,21,22,25). The smallest absolute Gasteiger partial charge is 0.231 e. The topological polar surface area (TPSA) is 75.6 Å².